The Balaban J connectivity index is 1.42. The van der Waals surface area contributed by atoms with E-state index in [-0.39, 0.29) is 25.1 Å². The molecule has 1 unspecified atom stereocenters. The van der Waals surface area contributed by atoms with Crippen molar-refractivity contribution < 1.29 is 28.6 Å². The van der Waals surface area contributed by atoms with Gasteiger partial charge in [-0.15, -0.1) is 0 Å². The van der Waals surface area contributed by atoms with Gasteiger partial charge < -0.3 is 24.8 Å². The second kappa shape index (κ2) is 15.5. The van der Waals surface area contributed by atoms with Gasteiger partial charge in [-0.25, -0.2) is 9.59 Å². The number of nitrogens with one attached hydrogen (secondary N) is 2. The van der Waals surface area contributed by atoms with Crippen molar-refractivity contribution in [2.75, 3.05) is 26.3 Å². The molecule has 0 spiro atoms. The Morgan fingerprint density at radius 2 is 1.41 bits per heavy atom. The number of hydrogen-bond acceptors (Lipinski definition) is 6. The van der Waals surface area contributed by atoms with Crippen LogP contribution in [0.1, 0.15) is 52.4 Å². The van der Waals surface area contributed by atoms with Crippen molar-refractivity contribution >= 4 is 28.9 Å². The van der Waals surface area contributed by atoms with Crippen LogP contribution in [0.15, 0.2) is 42.5 Å². The molecule has 186 valence electrons. The van der Waals surface area contributed by atoms with E-state index in [2.05, 4.69) is 10.6 Å². The maximum Gasteiger partial charge on any atom is 0.412 e. The van der Waals surface area contributed by atoms with Crippen LogP contribution in [0.2, 0.25) is 0 Å². The number of amides is 2. The molecule has 0 aliphatic rings. The SMILES string of the molecule is CCC(C)C(=O)OCCOC(=O)NCCCCCCCNC(=O)Oc1ccc2ccccc2c1. The lowest BCUT2D eigenvalue weighted by Crippen LogP contribution is -2.27. The molecule has 8 nitrogen and oxygen atoms in total. The van der Waals surface area contributed by atoms with Crippen molar-refractivity contribution in [3.63, 3.8) is 0 Å². The zero-order valence-electron chi connectivity index (χ0n) is 20.1. The van der Waals surface area contributed by atoms with Gasteiger partial charge in [0, 0.05) is 13.1 Å². The van der Waals surface area contributed by atoms with E-state index in [1.165, 1.54) is 0 Å². The topological polar surface area (TPSA) is 103 Å². The minimum atomic E-state index is -0.506. The summed E-state index contributed by atoms with van der Waals surface area (Å²) in [4.78, 5) is 35.0. The van der Waals surface area contributed by atoms with Crippen molar-refractivity contribution in [2.45, 2.75) is 52.4 Å². The van der Waals surface area contributed by atoms with E-state index in [0.29, 0.717) is 18.8 Å². The lowest BCUT2D eigenvalue weighted by atomic mass is 10.1. The molecule has 0 aliphatic carbocycles. The zero-order chi connectivity index (χ0) is 24.6. The lowest BCUT2D eigenvalue weighted by Gasteiger charge is -2.10. The molecular formula is C26H36N2O6. The first-order valence-electron chi connectivity index (χ1n) is 12.0. The number of unbranched alkanes of at least 4 members (excludes halogenated alkanes) is 4. The van der Waals surface area contributed by atoms with E-state index in [1.54, 1.807) is 13.0 Å². The molecule has 0 saturated carbocycles. The molecule has 2 N–H and O–H groups in total. The van der Waals surface area contributed by atoms with Gasteiger partial charge in [0.05, 0.1) is 5.92 Å². The molecule has 0 aliphatic heterocycles. The first-order valence-corrected chi connectivity index (χ1v) is 12.0. The van der Waals surface area contributed by atoms with Crippen molar-refractivity contribution in [3.05, 3.63) is 42.5 Å². The highest BCUT2D eigenvalue weighted by Crippen LogP contribution is 2.20. The largest absolute Gasteiger partial charge is 0.462 e. The molecule has 0 heterocycles. The Morgan fingerprint density at radius 1 is 0.794 bits per heavy atom. The van der Waals surface area contributed by atoms with Gasteiger partial charge in [-0.3, -0.25) is 4.79 Å². The van der Waals surface area contributed by atoms with Crippen LogP contribution in [0.3, 0.4) is 0 Å². The fourth-order valence-corrected chi connectivity index (χ4v) is 3.17. The van der Waals surface area contributed by atoms with Crippen LogP contribution in [0.25, 0.3) is 10.8 Å². The van der Waals surface area contributed by atoms with Crippen molar-refractivity contribution in [1.82, 2.24) is 10.6 Å². The minimum absolute atomic E-state index is 0.0459. The molecule has 0 saturated heterocycles. The monoisotopic (exact) mass is 472 g/mol. The van der Waals surface area contributed by atoms with Gasteiger partial charge >= 0.3 is 18.2 Å². The average molecular weight is 473 g/mol. The van der Waals surface area contributed by atoms with Crippen molar-refractivity contribution in [2.24, 2.45) is 5.92 Å². The third kappa shape index (κ3) is 10.6. The fourth-order valence-electron chi connectivity index (χ4n) is 3.17. The molecule has 0 aromatic heterocycles. The summed E-state index contributed by atoms with van der Waals surface area (Å²) in [6.45, 7) is 4.91. The summed E-state index contributed by atoms with van der Waals surface area (Å²) in [6.07, 6.45) is 4.41. The maximum atomic E-state index is 11.9. The molecular weight excluding hydrogens is 436 g/mol. The van der Waals surface area contributed by atoms with Gasteiger partial charge in [-0.1, -0.05) is 63.4 Å². The molecule has 2 rings (SSSR count). The predicted octanol–water partition coefficient (Wildman–Crippen LogP) is 5.19. The lowest BCUT2D eigenvalue weighted by molar-refractivity contribution is -0.149. The number of carbonyl (C=O) groups is 3. The summed E-state index contributed by atoms with van der Waals surface area (Å²) in [5.74, 6) is 0.103. The molecule has 1 atom stereocenters. The van der Waals surface area contributed by atoms with E-state index in [4.69, 9.17) is 14.2 Å². The Bertz CT molecular complexity index is 917. The molecule has 34 heavy (non-hydrogen) atoms. The molecule has 0 bridgehead atoms. The van der Waals surface area contributed by atoms with E-state index in [9.17, 15) is 14.4 Å². The number of benzene rings is 2. The van der Waals surface area contributed by atoms with Crippen LogP contribution in [-0.2, 0) is 14.3 Å². The molecule has 0 fully saturated rings. The van der Waals surface area contributed by atoms with Gasteiger partial charge in [0.2, 0.25) is 0 Å². The first kappa shape index (κ1) is 27.0. The van der Waals surface area contributed by atoms with Gasteiger partial charge in [0.25, 0.3) is 0 Å². The molecule has 2 amide bonds. The highest BCUT2D eigenvalue weighted by atomic mass is 16.6. The standard InChI is InChI=1S/C26H36N2O6/c1-3-20(2)24(29)32-17-18-33-25(30)27-15-9-5-4-6-10-16-28-26(31)34-23-14-13-21-11-7-8-12-22(21)19-23/h7-8,11-14,19-20H,3-6,9-10,15-18H2,1-2H3,(H,27,30)(H,28,31). The van der Waals surface area contributed by atoms with Crippen LogP contribution in [0, 0.1) is 5.92 Å². The maximum absolute atomic E-state index is 11.9. The second-order valence-electron chi connectivity index (χ2n) is 8.13. The first-order chi connectivity index (χ1) is 16.5. The number of fused-ring (bicyclic) bond motifs is 1. The fraction of sp³-hybridized carbons (Fsp3) is 0.500. The summed E-state index contributed by atoms with van der Waals surface area (Å²) < 4.78 is 15.3. The smallest absolute Gasteiger partial charge is 0.412 e. The number of rotatable bonds is 14. The summed E-state index contributed by atoms with van der Waals surface area (Å²) in [5.41, 5.74) is 0. The highest BCUT2D eigenvalue weighted by molar-refractivity contribution is 5.84. The van der Waals surface area contributed by atoms with Crippen molar-refractivity contribution in [1.29, 1.82) is 0 Å². The quantitative estimate of drug-likeness (QED) is 0.290. The van der Waals surface area contributed by atoms with E-state index in [0.717, 1.165) is 49.3 Å². The number of esters is 1. The predicted molar refractivity (Wildman–Crippen MR) is 131 cm³/mol. The highest BCUT2D eigenvalue weighted by Gasteiger charge is 2.11. The van der Waals surface area contributed by atoms with Crippen LogP contribution >= 0.6 is 0 Å². The van der Waals surface area contributed by atoms with Gasteiger partial charge in [-0.2, -0.15) is 0 Å². The van der Waals surface area contributed by atoms with Crippen LogP contribution in [0.4, 0.5) is 9.59 Å². The van der Waals surface area contributed by atoms with E-state index < -0.39 is 12.2 Å². The number of alkyl carbamates (subject to hydrolysis) is 1. The van der Waals surface area contributed by atoms with Crippen LogP contribution < -0.4 is 15.4 Å². The number of carbonyl (C=O) groups excluding carboxylic acids is 3. The molecule has 2 aromatic rings. The second-order valence-corrected chi connectivity index (χ2v) is 8.13. The van der Waals surface area contributed by atoms with Gasteiger partial charge in [0.15, 0.2) is 0 Å². The minimum Gasteiger partial charge on any atom is -0.462 e. The van der Waals surface area contributed by atoms with Crippen molar-refractivity contribution in [3.8, 4) is 5.75 Å². The van der Waals surface area contributed by atoms with Gasteiger partial charge in [0.1, 0.15) is 19.0 Å². The summed E-state index contributed by atoms with van der Waals surface area (Å²) >= 11 is 0. The van der Waals surface area contributed by atoms with Crippen LogP contribution in [-0.4, -0.2) is 44.5 Å². The Kier molecular flexibility index (Phi) is 12.3. The van der Waals surface area contributed by atoms with E-state index >= 15 is 0 Å². The average Bonchev–Trinajstić information content (AvgIpc) is 2.84. The summed E-state index contributed by atoms with van der Waals surface area (Å²) in [5, 5.41) is 7.58. The number of hydrogen-bond donors (Lipinski definition) is 2. The zero-order valence-corrected chi connectivity index (χ0v) is 20.1. The summed E-state index contributed by atoms with van der Waals surface area (Å²) in [7, 11) is 0. The third-order valence-electron chi connectivity index (χ3n) is 5.40. The Hall–Kier alpha value is -3.29. The summed E-state index contributed by atoms with van der Waals surface area (Å²) in [6, 6.07) is 13.5. The van der Waals surface area contributed by atoms with Gasteiger partial charge in [-0.05, 0) is 42.2 Å². The van der Waals surface area contributed by atoms with Crippen LogP contribution in [0.5, 0.6) is 5.75 Å². The number of ether oxygens (including phenoxy) is 3. The third-order valence-corrected chi connectivity index (χ3v) is 5.40. The molecule has 0 radical (unpaired) electrons. The normalized spacial score (nSPS) is 11.5. The van der Waals surface area contributed by atoms with E-state index in [1.807, 2.05) is 43.3 Å². The Morgan fingerprint density at radius 3 is 2.12 bits per heavy atom. The Labute approximate surface area is 201 Å². The molecule has 8 heteroatoms. The molecule has 2 aromatic carbocycles.